The first kappa shape index (κ1) is 37.9. The lowest BCUT2D eigenvalue weighted by molar-refractivity contribution is -0.299. The van der Waals surface area contributed by atoms with E-state index in [2.05, 4.69) is 33.7 Å². The molecule has 2 aromatic heterocycles. The Labute approximate surface area is 273 Å². The smallest absolute Gasteiger partial charge is 0.426 e. The van der Waals surface area contributed by atoms with Crippen LogP contribution in [0.1, 0.15) is 81.4 Å². The molecule has 0 unspecified atom stereocenters. The molecule has 0 fully saturated rings. The second kappa shape index (κ2) is 14.3. The molecule has 0 saturated carbocycles. The van der Waals surface area contributed by atoms with Gasteiger partial charge in [-0.25, -0.2) is 9.78 Å². The second-order valence-electron chi connectivity index (χ2n) is 12.4. The summed E-state index contributed by atoms with van der Waals surface area (Å²) in [5.74, 6) is -3.00. The summed E-state index contributed by atoms with van der Waals surface area (Å²) in [5.41, 5.74) is -9.39. The van der Waals surface area contributed by atoms with Crippen LogP contribution in [0.2, 0.25) is 0 Å². The molecule has 0 bridgehead atoms. The number of carbonyl (C=O) groups is 2. The number of hydrogen-bond donors (Lipinski definition) is 1. The maximum Gasteiger partial charge on any atom is 0.426 e. The molecule has 260 valence electrons. The molecule has 9 nitrogen and oxygen atoms in total. The largest absolute Gasteiger partial charge is 0.444 e. The first-order chi connectivity index (χ1) is 22.1. The van der Waals surface area contributed by atoms with Gasteiger partial charge in [0, 0.05) is 5.41 Å². The van der Waals surface area contributed by atoms with Crippen LogP contribution in [0.4, 0.5) is 36.8 Å². The molecule has 0 saturated heterocycles. The van der Waals surface area contributed by atoms with Crippen molar-refractivity contribution in [3.63, 3.8) is 0 Å². The van der Waals surface area contributed by atoms with E-state index in [4.69, 9.17) is 13.9 Å². The number of amides is 1. The monoisotopic (exact) mass is 682 g/mol. The SMILES string of the molecule is C=CCC[C@@](OCc1ccccc1)(c1nnc(-c2nc(C(=O)C(C)(C)CC=C)c(C(F)(F)F)cc2NC(=O)OC(C)(C)C)o1)C(F)(F)F. The van der Waals surface area contributed by atoms with Crippen molar-refractivity contribution in [3.8, 4) is 11.6 Å². The number of aromatic nitrogens is 3. The minimum absolute atomic E-state index is 0.0427. The van der Waals surface area contributed by atoms with Crippen molar-refractivity contribution >= 4 is 17.6 Å². The average Bonchev–Trinajstić information content (AvgIpc) is 3.45. The predicted octanol–water partition coefficient (Wildman–Crippen LogP) is 9.22. The molecule has 2 heterocycles. The van der Waals surface area contributed by atoms with Gasteiger partial charge in [0.2, 0.25) is 5.60 Å². The predicted molar refractivity (Wildman–Crippen MR) is 164 cm³/mol. The number of hydrogen-bond acceptors (Lipinski definition) is 8. The highest BCUT2D eigenvalue weighted by Crippen LogP contribution is 2.47. The molecule has 1 aromatic carbocycles. The number of anilines is 1. The summed E-state index contributed by atoms with van der Waals surface area (Å²) in [4.78, 5) is 30.1. The second-order valence-corrected chi connectivity index (χ2v) is 12.4. The fraction of sp³-hybridized carbons (Fsp3) is 0.424. The van der Waals surface area contributed by atoms with Gasteiger partial charge in [0.15, 0.2) is 11.5 Å². The van der Waals surface area contributed by atoms with Crippen LogP contribution in [0.5, 0.6) is 0 Å². The van der Waals surface area contributed by atoms with Crippen molar-refractivity contribution in [2.24, 2.45) is 5.41 Å². The number of benzene rings is 1. The van der Waals surface area contributed by atoms with Gasteiger partial charge in [-0.05, 0) is 51.7 Å². The van der Waals surface area contributed by atoms with Crippen LogP contribution < -0.4 is 5.32 Å². The third-order valence-electron chi connectivity index (χ3n) is 6.91. The van der Waals surface area contributed by atoms with Crippen LogP contribution in [0.25, 0.3) is 11.6 Å². The number of pyridine rings is 1. The minimum Gasteiger partial charge on any atom is -0.444 e. The quantitative estimate of drug-likeness (QED) is 0.108. The van der Waals surface area contributed by atoms with E-state index >= 15 is 0 Å². The Hall–Kier alpha value is -4.53. The number of rotatable bonds is 13. The van der Waals surface area contributed by atoms with Gasteiger partial charge in [-0.15, -0.1) is 23.4 Å². The molecule has 3 rings (SSSR count). The minimum atomic E-state index is -5.16. The molecule has 1 amide bonds. The third kappa shape index (κ3) is 8.88. The van der Waals surface area contributed by atoms with Crippen molar-refractivity contribution in [2.45, 2.75) is 84.0 Å². The van der Waals surface area contributed by atoms with Gasteiger partial charge in [-0.1, -0.05) is 56.3 Å². The summed E-state index contributed by atoms with van der Waals surface area (Å²) < 4.78 is 104. The molecule has 0 aliphatic rings. The maximum atomic E-state index is 14.9. The van der Waals surface area contributed by atoms with Gasteiger partial charge in [-0.2, -0.15) is 26.3 Å². The molecule has 1 N–H and O–H groups in total. The first-order valence-electron chi connectivity index (χ1n) is 14.6. The van der Waals surface area contributed by atoms with Gasteiger partial charge in [-0.3, -0.25) is 10.1 Å². The van der Waals surface area contributed by atoms with E-state index in [9.17, 15) is 35.9 Å². The van der Waals surface area contributed by atoms with Crippen molar-refractivity contribution in [2.75, 3.05) is 5.32 Å². The Morgan fingerprint density at radius 2 is 1.60 bits per heavy atom. The van der Waals surface area contributed by atoms with E-state index in [-0.39, 0.29) is 12.8 Å². The van der Waals surface area contributed by atoms with Gasteiger partial charge in [0.1, 0.15) is 11.3 Å². The summed E-state index contributed by atoms with van der Waals surface area (Å²) in [6.07, 6.45) is -9.98. The first-order valence-corrected chi connectivity index (χ1v) is 14.6. The van der Waals surface area contributed by atoms with E-state index < -0.39 is 88.3 Å². The van der Waals surface area contributed by atoms with Gasteiger partial charge >= 0.3 is 18.4 Å². The Morgan fingerprint density at radius 3 is 2.15 bits per heavy atom. The van der Waals surface area contributed by atoms with Crippen molar-refractivity contribution in [1.82, 2.24) is 15.2 Å². The molecular formula is C33H36F6N4O5. The van der Waals surface area contributed by atoms with E-state index in [1.165, 1.54) is 46.8 Å². The molecule has 15 heteroatoms. The number of halogens is 6. The summed E-state index contributed by atoms with van der Waals surface area (Å²) in [6.45, 7) is 13.7. The zero-order valence-corrected chi connectivity index (χ0v) is 27.0. The average molecular weight is 683 g/mol. The molecule has 48 heavy (non-hydrogen) atoms. The topological polar surface area (TPSA) is 116 Å². The number of ether oxygens (including phenoxy) is 2. The van der Waals surface area contributed by atoms with E-state index in [1.807, 2.05) is 0 Å². The van der Waals surface area contributed by atoms with Crippen LogP contribution in [0.15, 0.2) is 66.1 Å². The lowest BCUT2D eigenvalue weighted by Gasteiger charge is -2.32. The summed E-state index contributed by atoms with van der Waals surface area (Å²) >= 11 is 0. The lowest BCUT2D eigenvalue weighted by atomic mass is 9.81. The van der Waals surface area contributed by atoms with Crippen LogP contribution in [-0.4, -0.2) is 38.8 Å². The number of Topliss-reactive ketones (excluding diaryl/α,β-unsaturated/α-hetero) is 1. The highest BCUT2D eigenvalue weighted by Gasteiger charge is 2.61. The van der Waals surface area contributed by atoms with Crippen molar-refractivity contribution in [1.29, 1.82) is 0 Å². The van der Waals surface area contributed by atoms with Crippen LogP contribution in [-0.2, 0) is 27.9 Å². The highest BCUT2D eigenvalue weighted by atomic mass is 19.4. The number of nitrogens with zero attached hydrogens (tertiary/aromatic N) is 3. The van der Waals surface area contributed by atoms with E-state index in [0.29, 0.717) is 11.6 Å². The normalized spacial score (nSPS) is 13.8. The van der Waals surface area contributed by atoms with Gasteiger partial charge in [0.25, 0.3) is 11.8 Å². The molecular weight excluding hydrogens is 646 g/mol. The molecule has 1 atom stereocenters. The van der Waals surface area contributed by atoms with Gasteiger partial charge < -0.3 is 13.9 Å². The Bertz CT molecular complexity index is 1630. The van der Waals surface area contributed by atoms with E-state index in [1.54, 1.807) is 30.3 Å². The number of nitrogens with one attached hydrogen (secondary N) is 1. The molecule has 0 spiro atoms. The van der Waals surface area contributed by atoms with Gasteiger partial charge in [0.05, 0.1) is 17.9 Å². The fourth-order valence-corrected chi connectivity index (χ4v) is 4.50. The fourth-order valence-electron chi connectivity index (χ4n) is 4.50. The zero-order chi connectivity index (χ0) is 36.1. The van der Waals surface area contributed by atoms with E-state index in [0.717, 1.165) is 0 Å². The van der Waals surface area contributed by atoms with Crippen molar-refractivity contribution in [3.05, 3.63) is 84.4 Å². The van der Waals surface area contributed by atoms with Crippen LogP contribution in [0.3, 0.4) is 0 Å². The summed E-state index contributed by atoms with van der Waals surface area (Å²) in [5, 5.41) is 9.40. The highest BCUT2D eigenvalue weighted by molar-refractivity contribution is 6.01. The van der Waals surface area contributed by atoms with Crippen LogP contribution in [0, 0.1) is 5.41 Å². The number of ketones is 1. The number of alkyl halides is 6. The maximum absolute atomic E-state index is 14.9. The Kier molecular flexibility index (Phi) is 11.3. The summed E-state index contributed by atoms with van der Waals surface area (Å²) in [6, 6.07) is 8.37. The molecule has 0 aliphatic heterocycles. The number of allylic oxidation sites excluding steroid dienone is 2. The molecule has 0 aliphatic carbocycles. The molecule has 0 radical (unpaired) electrons. The zero-order valence-electron chi connectivity index (χ0n) is 27.0. The standard InChI is InChI=1S/C33H36F6N4O5/c1-8-10-17-31(33(37,38)39,46-19-20-14-12-11-13-15-20)27-43-42-26(47-27)24-22(40-28(45)48-29(3,4)5)18-21(32(34,35)36)23(41-24)25(44)30(6,7)16-9-2/h8-9,11-15,18H,1-2,10,16-17,19H2,3-7H3,(H,40,45)/t31-/m1/s1. The van der Waals surface area contributed by atoms with Crippen LogP contribution >= 0.6 is 0 Å². The third-order valence-corrected chi connectivity index (χ3v) is 6.91. The Morgan fingerprint density at radius 1 is 0.958 bits per heavy atom. The lowest BCUT2D eigenvalue weighted by Crippen LogP contribution is -2.45. The summed E-state index contributed by atoms with van der Waals surface area (Å²) in [7, 11) is 0. The number of carbonyl (C=O) groups excluding carboxylic acids is 2. The molecule has 3 aromatic rings. The Balaban J connectivity index is 2.30. The van der Waals surface area contributed by atoms with Crippen molar-refractivity contribution < 1.29 is 49.8 Å².